The number of aromatic nitrogens is 1. The second-order valence-corrected chi connectivity index (χ2v) is 4.97. The van der Waals surface area contributed by atoms with Gasteiger partial charge in [-0.2, -0.15) is 4.39 Å². The molecule has 0 unspecified atom stereocenters. The zero-order chi connectivity index (χ0) is 16.1. The minimum Gasteiger partial charge on any atom is -0.478 e. The van der Waals surface area contributed by atoms with E-state index in [1.54, 1.807) is 0 Å². The highest BCUT2D eigenvalue weighted by molar-refractivity contribution is 5.93. The van der Waals surface area contributed by atoms with Crippen LogP contribution < -0.4 is 5.32 Å². The number of esters is 1. The maximum absolute atomic E-state index is 13.1. The van der Waals surface area contributed by atoms with Crippen LogP contribution in [0.15, 0.2) is 12.1 Å². The topological polar surface area (TPSA) is 97.8 Å². The number of carboxylic acids is 1. The van der Waals surface area contributed by atoms with E-state index < -0.39 is 11.9 Å². The fourth-order valence-corrected chi connectivity index (χ4v) is 2.14. The standard InChI is InChI=1S/C14H17FN2O5/c1-21-12(18)4-5-22-9-6-8(7-9)16-13-10(14(19)20)2-3-11(15)17-13/h2-3,8-9H,4-7H2,1H3,(H,16,17)(H,19,20). The first-order chi connectivity index (χ1) is 10.5. The van der Waals surface area contributed by atoms with Crippen LogP contribution in [0.2, 0.25) is 0 Å². The van der Waals surface area contributed by atoms with Crippen LogP contribution >= 0.6 is 0 Å². The summed E-state index contributed by atoms with van der Waals surface area (Å²) in [6, 6.07) is 2.15. The number of hydrogen-bond acceptors (Lipinski definition) is 6. The quantitative estimate of drug-likeness (QED) is 0.580. The first-order valence-electron chi connectivity index (χ1n) is 6.84. The molecule has 0 aliphatic heterocycles. The highest BCUT2D eigenvalue weighted by atomic mass is 19.1. The Hall–Kier alpha value is -2.22. The number of halogens is 1. The molecule has 1 aliphatic rings. The Morgan fingerprint density at radius 3 is 2.82 bits per heavy atom. The monoisotopic (exact) mass is 312 g/mol. The molecule has 22 heavy (non-hydrogen) atoms. The number of ether oxygens (including phenoxy) is 2. The molecular formula is C14H17FN2O5. The van der Waals surface area contributed by atoms with Crippen LogP contribution in [0.5, 0.6) is 0 Å². The smallest absolute Gasteiger partial charge is 0.339 e. The van der Waals surface area contributed by atoms with Gasteiger partial charge in [-0.3, -0.25) is 4.79 Å². The number of nitrogens with one attached hydrogen (secondary N) is 1. The van der Waals surface area contributed by atoms with E-state index in [0.717, 1.165) is 6.07 Å². The molecule has 2 rings (SSSR count). The lowest BCUT2D eigenvalue weighted by Gasteiger charge is -2.36. The maximum Gasteiger partial charge on any atom is 0.339 e. The second kappa shape index (κ2) is 7.17. The van der Waals surface area contributed by atoms with Gasteiger partial charge in [-0.05, 0) is 25.0 Å². The Bertz CT molecular complexity index is 560. The molecule has 0 bridgehead atoms. The van der Waals surface area contributed by atoms with Gasteiger partial charge in [0, 0.05) is 6.04 Å². The largest absolute Gasteiger partial charge is 0.478 e. The highest BCUT2D eigenvalue weighted by Gasteiger charge is 2.31. The van der Waals surface area contributed by atoms with E-state index in [1.807, 2.05) is 0 Å². The maximum atomic E-state index is 13.1. The molecule has 1 aromatic rings. The first kappa shape index (κ1) is 16.2. The SMILES string of the molecule is COC(=O)CCOC1CC(Nc2nc(F)ccc2C(=O)O)C1. The van der Waals surface area contributed by atoms with Crippen LogP contribution in [0.25, 0.3) is 0 Å². The lowest BCUT2D eigenvalue weighted by atomic mass is 9.89. The lowest BCUT2D eigenvalue weighted by molar-refractivity contribution is -0.142. The van der Waals surface area contributed by atoms with Crippen LogP contribution in [0.4, 0.5) is 10.2 Å². The summed E-state index contributed by atoms with van der Waals surface area (Å²) in [6.45, 7) is 0.280. The third-order valence-electron chi connectivity index (χ3n) is 3.41. The van der Waals surface area contributed by atoms with Crippen molar-refractivity contribution in [2.45, 2.75) is 31.4 Å². The van der Waals surface area contributed by atoms with E-state index in [-0.39, 0.29) is 42.5 Å². The zero-order valence-electron chi connectivity index (χ0n) is 12.0. The summed E-state index contributed by atoms with van der Waals surface area (Å²) in [4.78, 5) is 25.5. The van der Waals surface area contributed by atoms with Gasteiger partial charge in [-0.15, -0.1) is 0 Å². The number of aromatic carboxylic acids is 1. The van der Waals surface area contributed by atoms with Gasteiger partial charge >= 0.3 is 11.9 Å². The number of pyridine rings is 1. The number of anilines is 1. The predicted octanol–water partition coefficient (Wildman–Crippen LogP) is 1.44. The van der Waals surface area contributed by atoms with Crippen molar-refractivity contribution >= 4 is 17.8 Å². The number of carboxylic acid groups (broad SMARTS) is 1. The molecule has 0 radical (unpaired) electrons. The van der Waals surface area contributed by atoms with Crippen molar-refractivity contribution < 1.29 is 28.6 Å². The van der Waals surface area contributed by atoms with Gasteiger partial charge in [0.2, 0.25) is 5.95 Å². The summed E-state index contributed by atoms with van der Waals surface area (Å²) >= 11 is 0. The van der Waals surface area contributed by atoms with E-state index >= 15 is 0 Å². The van der Waals surface area contributed by atoms with Gasteiger partial charge in [0.1, 0.15) is 11.4 Å². The molecule has 8 heteroatoms. The normalized spacial score (nSPS) is 20.1. The molecule has 1 aliphatic carbocycles. The molecule has 0 aromatic carbocycles. The summed E-state index contributed by atoms with van der Waals surface area (Å²) in [7, 11) is 1.32. The number of hydrogen-bond donors (Lipinski definition) is 2. The van der Waals surface area contributed by atoms with Crippen molar-refractivity contribution in [1.29, 1.82) is 0 Å². The summed E-state index contributed by atoms with van der Waals surface area (Å²) in [6.07, 6.45) is 1.46. The van der Waals surface area contributed by atoms with Crippen molar-refractivity contribution in [2.75, 3.05) is 19.0 Å². The summed E-state index contributed by atoms with van der Waals surface area (Å²) in [5.74, 6) is -2.22. The molecule has 1 heterocycles. The Labute approximate surface area is 126 Å². The van der Waals surface area contributed by atoms with E-state index in [2.05, 4.69) is 15.0 Å². The van der Waals surface area contributed by atoms with Gasteiger partial charge in [0.05, 0.1) is 26.2 Å². The average Bonchev–Trinajstić information content (AvgIpc) is 2.43. The van der Waals surface area contributed by atoms with Gasteiger partial charge < -0.3 is 19.9 Å². The number of carbonyl (C=O) groups is 2. The fourth-order valence-electron chi connectivity index (χ4n) is 2.14. The van der Waals surface area contributed by atoms with E-state index in [1.165, 1.54) is 13.2 Å². The molecule has 0 atom stereocenters. The second-order valence-electron chi connectivity index (χ2n) is 4.97. The van der Waals surface area contributed by atoms with Crippen molar-refractivity contribution in [3.63, 3.8) is 0 Å². The first-order valence-corrected chi connectivity index (χ1v) is 6.84. The van der Waals surface area contributed by atoms with Crippen molar-refractivity contribution in [3.8, 4) is 0 Å². The summed E-state index contributed by atoms with van der Waals surface area (Å²) < 4.78 is 23.1. The molecule has 0 spiro atoms. The van der Waals surface area contributed by atoms with Gasteiger partial charge in [0.25, 0.3) is 0 Å². The molecule has 1 saturated carbocycles. The van der Waals surface area contributed by atoms with Crippen LogP contribution in [-0.2, 0) is 14.3 Å². The molecule has 0 saturated heterocycles. The molecule has 2 N–H and O–H groups in total. The van der Waals surface area contributed by atoms with Crippen LogP contribution in [-0.4, -0.2) is 47.9 Å². The molecular weight excluding hydrogens is 295 g/mol. The number of rotatable bonds is 7. The number of methoxy groups -OCH3 is 1. The van der Waals surface area contributed by atoms with Gasteiger partial charge in [0.15, 0.2) is 0 Å². The third kappa shape index (κ3) is 4.14. The van der Waals surface area contributed by atoms with E-state index in [0.29, 0.717) is 12.8 Å². The Kier molecular flexibility index (Phi) is 5.26. The lowest BCUT2D eigenvalue weighted by Crippen LogP contribution is -2.41. The Morgan fingerprint density at radius 2 is 2.18 bits per heavy atom. The van der Waals surface area contributed by atoms with Crippen molar-refractivity contribution in [1.82, 2.24) is 4.98 Å². The molecule has 1 aromatic heterocycles. The van der Waals surface area contributed by atoms with Gasteiger partial charge in [-0.1, -0.05) is 0 Å². The Balaban J connectivity index is 1.79. The van der Waals surface area contributed by atoms with E-state index in [9.17, 15) is 14.0 Å². The Morgan fingerprint density at radius 1 is 1.45 bits per heavy atom. The average molecular weight is 312 g/mol. The highest BCUT2D eigenvalue weighted by Crippen LogP contribution is 2.27. The van der Waals surface area contributed by atoms with Crippen LogP contribution in [0.1, 0.15) is 29.6 Å². The van der Waals surface area contributed by atoms with Gasteiger partial charge in [-0.25, -0.2) is 9.78 Å². The molecule has 1 fully saturated rings. The van der Waals surface area contributed by atoms with Crippen LogP contribution in [0.3, 0.4) is 0 Å². The number of carbonyl (C=O) groups excluding carboxylic acids is 1. The van der Waals surface area contributed by atoms with E-state index in [4.69, 9.17) is 9.84 Å². The van der Waals surface area contributed by atoms with Crippen LogP contribution in [0, 0.1) is 5.95 Å². The summed E-state index contributed by atoms with van der Waals surface area (Å²) in [5, 5.41) is 11.9. The molecule has 7 nitrogen and oxygen atoms in total. The summed E-state index contributed by atoms with van der Waals surface area (Å²) in [5.41, 5.74) is -0.0727. The molecule has 120 valence electrons. The molecule has 0 amide bonds. The van der Waals surface area contributed by atoms with Crippen molar-refractivity contribution in [3.05, 3.63) is 23.6 Å². The van der Waals surface area contributed by atoms with Crippen molar-refractivity contribution in [2.24, 2.45) is 0 Å². The number of nitrogens with zero attached hydrogens (tertiary/aromatic N) is 1. The zero-order valence-corrected chi connectivity index (χ0v) is 12.0. The minimum absolute atomic E-state index is 0.0102. The minimum atomic E-state index is -1.17. The third-order valence-corrected chi connectivity index (χ3v) is 3.41. The predicted molar refractivity (Wildman–Crippen MR) is 74.2 cm³/mol. The fraction of sp³-hybridized carbons (Fsp3) is 0.500.